The predicted molar refractivity (Wildman–Crippen MR) is 74.3 cm³/mol. The lowest BCUT2D eigenvalue weighted by molar-refractivity contribution is 0.616. The third kappa shape index (κ3) is 2.72. The van der Waals surface area contributed by atoms with E-state index in [4.69, 9.17) is 11.6 Å². The molecule has 1 nitrogen and oxygen atoms in total. The topological polar surface area (TPSA) is 12.0 Å². The number of rotatable bonds is 4. The Morgan fingerprint density at radius 1 is 1.50 bits per heavy atom. The molecule has 16 heavy (non-hydrogen) atoms. The van der Waals surface area contributed by atoms with E-state index in [1.54, 1.807) is 0 Å². The lowest BCUT2D eigenvalue weighted by atomic mass is 10.1. The van der Waals surface area contributed by atoms with E-state index in [1.807, 2.05) is 13.0 Å². The molecule has 1 atom stereocenters. The van der Waals surface area contributed by atoms with Crippen molar-refractivity contribution in [1.29, 1.82) is 0 Å². The largest absolute Gasteiger partial charge is 0.381 e. The summed E-state index contributed by atoms with van der Waals surface area (Å²) in [5.74, 6) is 0.858. The van der Waals surface area contributed by atoms with Gasteiger partial charge in [0.2, 0.25) is 0 Å². The molecule has 1 N–H and O–H groups in total. The Hall–Kier alpha value is -0.210. The van der Waals surface area contributed by atoms with E-state index in [0.29, 0.717) is 6.04 Å². The Morgan fingerprint density at radius 3 is 2.75 bits per heavy atom. The fourth-order valence-corrected chi connectivity index (χ4v) is 2.74. The smallest absolute Gasteiger partial charge is 0.0502 e. The van der Waals surface area contributed by atoms with Crippen LogP contribution in [0, 0.1) is 12.8 Å². The van der Waals surface area contributed by atoms with E-state index >= 15 is 0 Å². The summed E-state index contributed by atoms with van der Waals surface area (Å²) in [6.45, 7) is 4.26. The van der Waals surface area contributed by atoms with Crippen LogP contribution in [0.3, 0.4) is 0 Å². The molecule has 1 aliphatic carbocycles. The van der Waals surface area contributed by atoms with Crippen LogP contribution in [0.5, 0.6) is 0 Å². The minimum atomic E-state index is 0.593. The molecule has 1 aromatic carbocycles. The molecule has 1 aromatic rings. The Morgan fingerprint density at radius 2 is 2.19 bits per heavy atom. The minimum Gasteiger partial charge on any atom is -0.381 e. The summed E-state index contributed by atoms with van der Waals surface area (Å²) >= 11 is 9.73. The number of hydrogen-bond donors (Lipinski definition) is 1. The third-order valence-electron chi connectivity index (χ3n) is 3.22. The van der Waals surface area contributed by atoms with Gasteiger partial charge >= 0.3 is 0 Å². The molecule has 0 aliphatic heterocycles. The molecule has 0 radical (unpaired) electrons. The average molecular weight is 303 g/mol. The number of anilines is 1. The van der Waals surface area contributed by atoms with E-state index in [1.165, 1.54) is 19.3 Å². The molecule has 0 spiro atoms. The number of aryl methyl sites for hydroxylation is 1. The highest BCUT2D eigenvalue weighted by Gasteiger charge is 2.30. The Bertz CT molecular complexity index is 388. The standard InChI is InChI=1S/C13H17BrClN/c1-3-12(9-4-5-9)16-13-7-11(15)8(2)6-10(13)14/h6-7,9,12,16H,3-5H2,1-2H3. The van der Waals surface area contributed by atoms with Crippen molar-refractivity contribution < 1.29 is 0 Å². The molecule has 1 unspecified atom stereocenters. The van der Waals surface area contributed by atoms with Crippen molar-refractivity contribution in [3.63, 3.8) is 0 Å². The number of halogens is 2. The molecule has 1 aliphatic rings. The van der Waals surface area contributed by atoms with E-state index in [-0.39, 0.29) is 0 Å². The molecule has 0 bridgehead atoms. The summed E-state index contributed by atoms with van der Waals surface area (Å²) in [4.78, 5) is 0. The van der Waals surface area contributed by atoms with Gasteiger partial charge in [-0.05, 0) is 65.7 Å². The van der Waals surface area contributed by atoms with Crippen molar-refractivity contribution in [2.24, 2.45) is 5.92 Å². The van der Waals surface area contributed by atoms with Gasteiger partial charge in [0.25, 0.3) is 0 Å². The second-order valence-electron chi connectivity index (χ2n) is 4.58. The minimum absolute atomic E-state index is 0.593. The lowest BCUT2D eigenvalue weighted by Crippen LogP contribution is -2.20. The first kappa shape index (κ1) is 12.3. The van der Waals surface area contributed by atoms with Crippen LogP contribution >= 0.6 is 27.5 Å². The van der Waals surface area contributed by atoms with Crippen molar-refractivity contribution in [2.45, 2.75) is 39.2 Å². The maximum Gasteiger partial charge on any atom is 0.0502 e. The Balaban J connectivity index is 2.16. The van der Waals surface area contributed by atoms with Crippen molar-refractivity contribution in [3.05, 3.63) is 27.2 Å². The maximum absolute atomic E-state index is 6.15. The van der Waals surface area contributed by atoms with Gasteiger partial charge in [-0.15, -0.1) is 0 Å². The highest BCUT2D eigenvalue weighted by Crippen LogP contribution is 2.37. The van der Waals surface area contributed by atoms with Crippen molar-refractivity contribution >= 4 is 33.2 Å². The molecular formula is C13H17BrClN. The molecule has 0 amide bonds. The SMILES string of the molecule is CCC(Nc1cc(Cl)c(C)cc1Br)C1CC1. The average Bonchev–Trinajstić information content (AvgIpc) is 3.05. The maximum atomic E-state index is 6.15. The summed E-state index contributed by atoms with van der Waals surface area (Å²) in [6.07, 6.45) is 3.90. The van der Waals surface area contributed by atoms with Crippen LogP contribution in [0.1, 0.15) is 31.7 Å². The van der Waals surface area contributed by atoms with Crippen LogP contribution in [0.25, 0.3) is 0 Å². The number of benzene rings is 1. The van der Waals surface area contributed by atoms with Gasteiger partial charge in [-0.1, -0.05) is 18.5 Å². The number of hydrogen-bond acceptors (Lipinski definition) is 1. The van der Waals surface area contributed by atoms with Crippen LogP contribution in [0.15, 0.2) is 16.6 Å². The fraction of sp³-hybridized carbons (Fsp3) is 0.538. The normalized spacial score (nSPS) is 17.2. The van der Waals surface area contributed by atoms with Gasteiger partial charge in [0.1, 0.15) is 0 Å². The van der Waals surface area contributed by atoms with Crippen LogP contribution < -0.4 is 5.32 Å². The highest BCUT2D eigenvalue weighted by molar-refractivity contribution is 9.10. The zero-order valence-corrected chi connectivity index (χ0v) is 12.0. The summed E-state index contributed by atoms with van der Waals surface area (Å²) in [5.41, 5.74) is 2.23. The summed E-state index contributed by atoms with van der Waals surface area (Å²) in [7, 11) is 0. The second-order valence-corrected chi connectivity index (χ2v) is 5.84. The van der Waals surface area contributed by atoms with Crippen LogP contribution in [-0.2, 0) is 0 Å². The Kier molecular flexibility index (Phi) is 3.81. The summed E-state index contributed by atoms with van der Waals surface area (Å²) in [6, 6.07) is 4.69. The molecule has 1 saturated carbocycles. The first-order valence-corrected chi connectivity index (χ1v) is 7.01. The van der Waals surface area contributed by atoms with E-state index < -0.39 is 0 Å². The number of nitrogens with one attached hydrogen (secondary N) is 1. The van der Waals surface area contributed by atoms with Gasteiger partial charge in [0, 0.05) is 15.5 Å². The van der Waals surface area contributed by atoms with Crippen LogP contribution in [0.2, 0.25) is 5.02 Å². The quantitative estimate of drug-likeness (QED) is 0.824. The molecular weight excluding hydrogens is 286 g/mol. The molecule has 0 aromatic heterocycles. The predicted octanol–water partition coefficient (Wildman–Crippen LogP) is 5.01. The van der Waals surface area contributed by atoms with Gasteiger partial charge in [0.05, 0.1) is 5.69 Å². The molecule has 1 fully saturated rings. The van der Waals surface area contributed by atoms with Gasteiger partial charge < -0.3 is 5.32 Å². The van der Waals surface area contributed by atoms with E-state index in [9.17, 15) is 0 Å². The third-order valence-corrected chi connectivity index (χ3v) is 4.28. The second kappa shape index (κ2) is 4.97. The van der Waals surface area contributed by atoms with Crippen LogP contribution in [0.4, 0.5) is 5.69 Å². The molecule has 88 valence electrons. The summed E-state index contributed by atoms with van der Waals surface area (Å²) < 4.78 is 1.11. The zero-order valence-electron chi connectivity index (χ0n) is 9.69. The Labute approximate surface area is 111 Å². The lowest BCUT2D eigenvalue weighted by Gasteiger charge is -2.19. The van der Waals surface area contributed by atoms with Crippen molar-refractivity contribution in [3.8, 4) is 0 Å². The van der Waals surface area contributed by atoms with E-state index in [2.05, 4.69) is 34.2 Å². The van der Waals surface area contributed by atoms with Gasteiger partial charge in [-0.3, -0.25) is 0 Å². The summed E-state index contributed by atoms with van der Waals surface area (Å²) in [5, 5.41) is 4.43. The first-order valence-electron chi connectivity index (χ1n) is 5.84. The molecule has 2 rings (SSSR count). The van der Waals surface area contributed by atoms with Gasteiger partial charge in [0.15, 0.2) is 0 Å². The van der Waals surface area contributed by atoms with Crippen molar-refractivity contribution in [1.82, 2.24) is 0 Å². The molecule has 0 heterocycles. The van der Waals surface area contributed by atoms with Gasteiger partial charge in [-0.2, -0.15) is 0 Å². The monoisotopic (exact) mass is 301 g/mol. The molecule has 3 heteroatoms. The van der Waals surface area contributed by atoms with Crippen LogP contribution in [-0.4, -0.2) is 6.04 Å². The highest BCUT2D eigenvalue weighted by atomic mass is 79.9. The first-order chi connectivity index (χ1) is 7.61. The van der Waals surface area contributed by atoms with E-state index in [0.717, 1.165) is 26.7 Å². The van der Waals surface area contributed by atoms with Gasteiger partial charge in [-0.25, -0.2) is 0 Å². The fourth-order valence-electron chi connectivity index (χ4n) is 2.01. The zero-order chi connectivity index (χ0) is 11.7. The molecule has 0 saturated heterocycles. The van der Waals surface area contributed by atoms with Crippen molar-refractivity contribution in [2.75, 3.05) is 5.32 Å².